The first-order valence-electron chi connectivity index (χ1n) is 7.76. The van der Waals surface area contributed by atoms with Crippen molar-refractivity contribution in [1.29, 1.82) is 0 Å². The first kappa shape index (κ1) is 14.2. The topological polar surface area (TPSA) is 25.4 Å². The molecule has 0 radical (unpaired) electrons. The standard InChI is InChI=1S/C16H23ClN2O/c17-15-10-18-7-4-16(15)20-12-14-5-8-19(9-6-14)11-13-2-1-3-13/h4,7,10,13-14H,1-3,5-6,8-9,11-12H2. The summed E-state index contributed by atoms with van der Waals surface area (Å²) in [5, 5.41) is 0.606. The van der Waals surface area contributed by atoms with Crippen molar-refractivity contribution in [2.24, 2.45) is 11.8 Å². The molecule has 2 fully saturated rings. The average Bonchev–Trinajstić information content (AvgIpc) is 2.43. The van der Waals surface area contributed by atoms with Crippen LogP contribution in [0.15, 0.2) is 18.5 Å². The van der Waals surface area contributed by atoms with Gasteiger partial charge in [-0.2, -0.15) is 0 Å². The molecule has 0 N–H and O–H groups in total. The second-order valence-electron chi connectivity index (χ2n) is 6.16. The Balaban J connectivity index is 1.39. The van der Waals surface area contributed by atoms with Gasteiger partial charge in [0.15, 0.2) is 0 Å². The van der Waals surface area contributed by atoms with Gasteiger partial charge in [0.05, 0.1) is 6.61 Å². The van der Waals surface area contributed by atoms with Gasteiger partial charge in [-0.05, 0) is 50.6 Å². The lowest BCUT2D eigenvalue weighted by Gasteiger charge is -2.36. The molecule has 1 aromatic heterocycles. The van der Waals surface area contributed by atoms with Crippen LogP contribution in [-0.4, -0.2) is 36.1 Å². The summed E-state index contributed by atoms with van der Waals surface area (Å²) in [5.74, 6) is 2.41. The van der Waals surface area contributed by atoms with Crippen LogP contribution in [0.5, 0.6) is 5.75 Å². The summed E-state index contributed by atoms with van der Waals surface area (Å²) in [5.41, 5.74) is 0. The zero-order valence-electron chi connectivity index (χ0n) is 11.9. The van der Waals surface area contributed by atoms with E-state index in [2.05, 4.69) is 9.88 Å². The van der Waals surface area contributed by atoms with E-state index in [-0.39, 0.29) is 0 Å². The highest BCUT2D eigenvalue weighted by atomic mass is 35.5. The van der Waals surface area contributed by atoms with Gasteiger partial charge in [0, 0.05) is 25.0 Å². The summed E-state index contributed by atoms with van der Waals surface area (Å²) >= 11 is 6.05. The molecule has 1 aromatic rings. The quantitative estimate of drug-likeness (QED) is 0.829. The van der Waals surface area contributed by atoms with Crippen molar-refractivity contribution in [2.45, 2.75) is 32.1 Å². The Morgan fingerprint density at radius 2 is 2.00 bits per heavy atom. The second-order valence-corrected chi connectivity index (χ2v) is 6.57. The predicted molar refractivity (Wildman–Crippen MR) is 81.2 cm³/mol. The molecular weight excluding hydrogens is 272 g/mol. The van der Waals surface area contributed by atoms with Gasteiger partial charge in [-0.15, -0.1) is 0 Å². The summed E-state index contributed by atoms with van der Waals surface area (Å²) in [6, 6.07) is 1.84. The molecule has 2 aliphatic rings. The Kier molecular flexibility index (Phi) is 4.79. The molecule has 4 heteroatoms. The van der Waals surface area contributed by atoms with Gasteiger partial charge in [0.25, 0.3) is 0 Å². The largest absolute Gasteiger partial charge is 0.492 e. The number of likely N-dealkylation sites (tertiary alicyclic amines) is 1. The van der Waals surface area contributed by atoms with Crippen LogP contribution in [0.1, 0.15) is 32.1 Å². The number of piperidine rings is 1. The van der Waals surface area contributed by atoms with Gasteiger partial charge in [-0.1, -0.05) is 18.0 Å². The Labute approximate surface area is 126 Å². The molecule has 0 spiro atoms. The van der Waals surface area contributed by atoms with Crippen molar-refractivity contribution >= 4 is 11.6 Å². The summed E-state index contributed by atoms with van der Waals surface area (Å²) in [4.78, 5) is 6.61. The summed E-state index contributed by atoms with van der Waals surface area (Å²) in [7, 11) is 0. The summed E-state index contributed by atoms with van der Waals surface area (Å²) < 4.78 is 5.83. The lowest BCUT2D eigenvalue weighted by atomic mass is 9.84. The molecule has 1 aliphatic carbocycles. The molecule has 0 aromatic carbocycles. The molecule has 110 valence electrons. The molecule has 1 saturated heterocycles. The van der Waals surface area contributed by atoms with E-state index in [1.165, 1.54) is 51.7 Å². The predicted octanol–water partition coefficient (Wildman–Crippen LogP) is 3.63. The van der Waals surface area contributed by atoms with Gasteiger partial charge < -0.3 is 9.64 Å². The fraction of sp³-hybridized carbons (Fsp3) is 0.688. The van der Waals surface area contributed by atoms with Crippen LogP contribution in [0, 0.1) is 11.8 Å². The molecule has 2 heterocycles. The molecule has 1 saturated carbocycles. The maximum Gasteiger partial charge on any atom is 0.141 e. The maximum atomic E-state index is 6.05. The highest BCUT2D eigenvalue weighted by molar-refractivity contribution is 6.31. The van der Waals surface area contributed by atoms with Crippen molar-refractivity contribution in [2.75, 3.05) is 26.2 Å². The molecule has 0 bridgehead atoms. The van der Waals surface area contributed by atoms with Crippen LogP contribution in [0.25, 0.3) is 0 Å². The third-order valence-electron chi connectivity index (χ3n) is 4.66. The smallest absolute Gasteiger partial charge is 0.141 e. The van der Waals surface area contributed by atoms with Gasteiger partial charge >= 0.3 is 0 Å². The molecule has 3 rings (SSSR count). The van der Waals surface area contributed by atoms with Crippen molar-refractivity contribution in [1.82, 2.24) is 9.88 Å². The third-order valence-corrected chi connectivity index (χ3v) is 4.94. The van der Waals surface area contributed by atoms with E-state index in [9.17, 15) is 0 Å². The Morgan fingerprint density at radius 3 is 2.65 bits per heavy atom. The van der Waals surface area contributed by atoms with Crippen molar-refractivity contribution in [3.05, 3.63) is 23.5 Å². The number of pyridine rings is 1. The van der Waals surface area contributed by atoms with Crippen LogP contribution in [0.3, 0.4) is 0 Å². The van der Waals surface area contributed by atoms with Crippen LogP contribution in [0.4, 0.5) is 0 Å². The third kappa shape index (κ3) is 3.64. The van der Waals surface area contributed by atoms with Gasteiger partial charge in [0.1, 0.15) is 10.8 Å². The lowest BCUT2D eigenvalue weighted by Crippen LogP contribution is -2.39. The number of rotatable bonds is 5. The number of hydrogen-bond donors (Lipinski definition) is 0. The molecule has 0 amide bonds. The SMILES string of the molecule is Clc1cnccc1OCC1CCN(CC2CCC2)CC1. The highest BCUT2D eigenvalue weighted by Crippen LogP contribution is 2.29. The minimum Gasteiger partial charge on any atom is -0.492 e. The van der Waals surface area contributed by atoms with E-state index in [0.717, 1.165) is 18.3 Å². The number of ether oxygens (including phenoxy) is 1. The summed E-state index contributed by atoms with van der Waals surface area (Å²) in [6.45, 7) is 4.56. The minimum atomic E-state index is 0.606. The molecular formula is C16H23ClN2O. The number of hydrogen-bond acceptors (Lipinski definition) is 3. The first-order valence-corrected chi connectivity index (χ1v) is 8.14. The minimum absolute atomic E-state index is 0.606. The highest BCUT2D eigenvalue weighted by Gasteiger charge is 2.24. The van der Waals surface area contributed by atoms with Crippen LogP contribution in [-0.2, 0) is 0 Å². The van der Waals surface area contributed by atoms with Gasteiger partial charge in [-0.25, -0.2) is 0 Å². The fourth-order valence-corrected chi connectivity index (χ4v) is 3.24. The van der Waals surface area contributed by atoms with E-state index >= 15 is 0 Å². The van der Waals surface area contributed by atoms with Gasteiger partial charge in [-0.3, -0.25) is 4.98 Å². The Bertz CT molecular complexity index is 428. The molecule has 20 heavy (non-hydrogen) atoms. The molecule has 0 unspecified atom stereocenters. The molecule has 1 aliphatic heterocycles. The summed E-state index contributed by atoms with van der Waals surface area (Å²) in [6.07, 6.45) is 10.2. The zero-order chi connectivity index (χ0) is 13.8. The lowest BCUT2D eigenvalue weighted by molar-refractivity contribution is 0.110. The van der Waals surface area contributed by atoms with E-state index in [1.54, 1.807) is 12.4 Å². The van der Waals surface area contributed by atoms with E-state index in [4.69, 9.17) is 16.3 Å². The molecule has 0 atom stereocenters. The maximum absolute atomic E-state index is 6.05. The second kappa shape index (κ2) is 6.77. The van der Waals surface area contributed by atoms with Crippen molar-refractivity contribution in [3.8, 4) is 5.75 Å². The van der Waals surface area contributed by atoms with Crippen LogP contribution in [0.2, 0.25) is 5.02 Å². The molecule has 3 nitrogen and oxygen atoms in total. The number of halogens is 1. The zero-order valence-corrected chi connectivity index (χ0v) is 12.7. The van der Waals surface area contributed by atoms with Crippen molar-refractivity contribution in [3.63, 3.8) is 0 Å². The van der Waals surface area contributed by atoms with Crippen LogP contribution >= 0.6 is 11.6 Å². The van der Waals surface area contributed by atoms with E-state index in [0.29, 0.717) is 10.9 Å². The fourth-order valence-electron chi connectivity index (χ4n) is 3.06. The van der Waals surface area contributed by atoms with E-state index < -0.39 is 0 Å². The number of aromatic nitrogens is 1. The van der Waals surface area contributed by atoms with E-state index in [1.807, 2.05) is 6.07 Å². The monoisotopic (exact) mass is 294 g/mol. The Morgan fingerprint density at radius 1 is 1.20 bits per heavy atom. The van der Waals surface area contributed by atoms with Crippen LogP contribution < -0.4 is 4.74 Å². The van der Waals surface area contributed by atoms with Gasteiger partial charge in [0.2, 0.25) is 0 Å². The average molecular weight is 295 g/mol. The normalized spacial score (nSPS) is 21.6. The Hall–Kier alpha value is -0.800. The number of nitrogens with zero attached hydrogens (tertiary/aromatic N) is 2. The first-order chi connectivity index (χ1) is 9.81. The van der Waals surface area contributed by atoms with Crippen molar-refractivity contribution < 1.29 is 4.74 Å².